The molecule has 1 unspecified atom stereocenters. The van der Waals surface area contributed by atoms with E-state index in [9.17, 15) is 19.2 Å². The minimum absolute atomic E-state index is 0.0540. The fraction of sp³-hybridized carbons (Fsp3) is 0.360. The SMILES string of the molecule is O=C1CN(C(=O)c2ccc(NC(=O)C3CC(=O)N(C4CCCC4)C3)cc2)c2ccccc2N1. The standard InChI is InChI=1S/C25H26N4O4/c30-22-15-29(21-8-4-3-7-20(21)27-22)25(33)16-9-11-18(12-10-16)26-24(32)17-13-23(31)28(14-17)19-5-1-2-6-19/h3-4,7-12,17,19H,1-2,5-6,13-15H2,(H,26,32)(H,27,30). The van der Waals surface area contributed by atoms with Crippen molar-refractivity contribution in [3.8, 4) is 0 Å². The van der Waals surface area contributed by atoms with Crippen molar-refractivity contribution >= 4 is 40.7 Å². The molecule has 1 atom stereocenters. The molecular formula is C25H26N4O4. The third kappa shape index (κ3) is 4.20. The van der Waals surface area contributed by atoms with Crippen molar-refractivity contribution in [3.05, 3.63) is 54.1 Å². The Morgan fingerprint density at radius 3 is 2.45 bits per heavy atom. The van der Waals surface area contributed by atoms with E-state index in [-0.39, 0.29) is 48.6 Å². The maximum atomic E-state index is 13.1. The molecule has 2 heterocycles. The number of hydrogen-bond donors (Lipinski definition) is 2. The summed E-state index contributed by atoms with van der Waals surface area (Å²) in [6.45, 7) is 0.421. The van der Waals surface area contributed by atoms with Gasteiger partial charge in [-0.3, -0.25) is 24.1 Å². The zero-order chi connectivity index (χ0) is 22.9. The van der Waals surface area contributed by atoms with Gasteiger partial charge < -0.3 is 15.5 Å². The maximum Gasteiger partial charge on any atom is 0.258 e. The number of para-hydroxylation sites is 2. The van der Waals surface area contributed by atoms with Crippen molar-refractivity contribution in [1.29, 1.82) is 0 Å². The van der Waals surface area contributed by atoms with Crippen LogP contribution < -0.4 is 15.5 Å². The van der Waals surface area contributed by atoms with Gasteiger partial charge in [0.2, 0.25) is 17.7 Å². The van der Waals surface area contributed by atoms with Crippen LogP contribution in [0, 0.1) is 5.92 Å². The zero-order valence-electron chi connectivity index (χ0n) is 18.3. The van der Waals surface area contributed by atoms with Crippen molar-refractivity contribution in [2.24, 2.45) is 5.92 Å². The highest BCUT2D eigenvalue weighted by Crippen LogP contribution is 2.31. The van der Waals surface area contributed by atoms with Crippen molar-refractivity contribution in [2.75, 3.05) is 28.6 Å². The lowest BCUT2D eigenvalue weighted by molar-refractivity contribution is -0.130. The number of hydrogen-bond acceptors (Lipinski definition) is 4. The lowest BCUT2D eigenvalue weighted by atomic mass is 10.1. The Kier molecular flexibility index (Phi) is 5.58. The predicted molar refractivity (Wildman–Crippen MR) is 124 cm³/mol. The minimum Gasteiger partial charge on any atom is -0.339 e. The Morgan fingerprint density at radius 2 is 1.70 bits per heavy atom. The number of fused-ring (bicyclic) bond motifs is 1. The van der Waals surface area contributed by atoms with Gasteiger partial charge in [0.05, 0.1) is 17.3 Å². The molecule has 5 rings (SSSR count). The quantitative estimate of drug-likeness (QED) is 0.754. The molecule has 0 radical (unpaired) electrons. The van der Waals surface area contributed by atoms with E-state index in [4.69, 9.17) is 0 Å². The van der Waals surface area contributed by atoms with Crippen LogP contribution in [0.25, 0.3) is 0 Å². The molecule has 1 aliphatic carbocycles. The lowest BCUT2D eigenvalue weighted by Gasteiger charge is -2.29. The predicted octanol–water partition coefficient (Wildman–Crippen LogP) is 3.02. The normalized spacial score (nSPS) is 20.5. The highest BCUT2D eigenvalue weighted by molar-refractivity contribution is 6.15. The molecule has 1 saturated carbocycles. The van der Waals surface area contributed by atoms with Crippen LogP contribution in [0.2, 0.25) is 0 Å². The van der Waals surface area contributed by atoms with E-state index in [2.05, 4.69) is 10.6 Å². The van der Waals surface area contributed by atoms with Gasteiger partial charge in [0, 0.05) is 30.3 Å². The van der Waals surface area contributed by atoms with Crippen LogP contribution in [0.15, 0.2) is 48.5 Å². The summed E-state index contributed by atoms with van der Waals surface area (Å²) >= 11 is 0. The van der Waals surface area contributed by atoms with Gasteiger partial charge in [-0.05, 0) is 49.2 Å². The number of likely N-dealkylation sites (tertiary alicyclic amines) is 1. The fourth-order valence-corrected chi connectivity index (χ4v) is 4.99. The molecule has 33 heavy (non-hydrogen) atoms. The first kappa shape index (κ1) is 21.2. The maximum absolute atomic E-state index is 13.1. The summed E-state index contributed by atoms with van der Waals surface area (Å²) in [6, 6.07) is 14.1. The Balaban J connectivity index is 1.24. The Bertz CT molecular complexity index is 1110. The second-order valence-electron chi connectivity index (χ2n) is 8.91. The third-order valence-corrected chi connectivity index (χ3v) is 6.71. The number of amides is 4. The van der Waals surface area contributed by atoms with E-state index >= 15 is 0 Å². The van der Waals surface area contributed by atoms with Crippen LogP contribution >= 0.6 is 0 Å². The second kappa shape index (κ2) is 8.69. The summed E-state index contributed by atoms with van der Waals surface area (Å²) < 4.78 is 0. The molecule has 2 aliphatic heterocycles. The molecule has 1 saturated heterocycles. The number of nitrogens with one attached hydrogen (secondary N) is 2. The third-order valence-electron chi connectivity index (χ3n) is 6.71. The van der Waals surface area contributed by atoms with Crippen molar-refractivity contribution < 1.29 is 19.2 Å². The van der Waals surface area contributed by atoms with Gasteiger partial charge in [-0.25, -0.2) is 0 Å². The van der Waals surface area contributed by atoms with Crippen LogP contribution in [-0.2, 0) is 14.4 Å². The number of nitrogens with zero attached hydrogens (tertiary/aromatic N) is 2. The van der Waals surface area contributed by atoms with Crippen LogP contribution in [0.1, 0.15) is 42.5 Å². The number of anilines is 3. The van der Waals surface area contributed by atoms with Crippen LogP contribution in [0.4, 0.5) is 17.1 Å². The van der Waals surface area contributed by atoms with E-state index in [1.165, 1.54) is 4.90 Å². The van der Waals surface area contributed by atoms with Gasteiger partial charge in [-0.2, -0.15) is 0 Å². The van der Waals surface area contributed by atoms with Crippen molar-refractivity contribution in [2.45, 2.75) is 38.1 Å². The summed E-state index contributed by atoms with van der Waals surface area (Å²) in [5.41, 5.74) is 2.24. The molecule has 8 heteroatoms. The molecular weight excluding hydrogens is 420 g/mol. The minimum atomic E-state index is -0.359. The first-order chi connectivity index (χ1) is 16.0. The molecule has 0 aromatic heterocycles. The number of benzene rings is 2. The summed E-state index contributed by atoms with van der Waals surface area (Å²) in [5, 5.41) is 5.65. The molecule has 2 fully saturated rings. The number of rotatable bonds is 4. The highest BCUT2D eigenvalue weighted by atomic mass is 16.2. The second-order valence-corrected chi connectivity index (χ2v) is 8.91. The fourth-order valence-electron chi connectivity index (χ4n) is 4.99. The molecule has 8 nitrogen and oxygen atoms in total. The lowest BCUT2D eigenvalue weighted by Crippen LogP contribution is -2.42. The Hall–Kier alpha value is -3.68. The highest BCUT2D eigenvalue weighted by Gasteiger charge is 2.38. The molecule has 2 N–H and O–H groups in total. The summed E-state index contributed by atoms with van der Waals surface area (Å²) in [7, 11) is 0. The van der Waals surface area contributed by atoms with E-state index in [0.29, 0.717) is 29.2 Å². The average molecular weight is 447 g/mol. The molecule has 3 aliphatic rings. The van der Waals surface area contributed by atoms with Gasteiger partial charge in [-0.1, -0.05) is 25.0 Å². The molecule has 0 spiro atoms. The smallest absolute Gasteiger partial charge is 0.258 e. The number of carbonyl (C=O) groups excluding carboxylic acids is 4. The topological polar surface area (TPSA) is 98.8 Å². The van der Waals surface area contributed by atoms with E-state index in [1.807, 2.05) is 11.0 Å². The van der Waals surface area contributed by atoms with E-state index in [1.54, 1.807) is 42.5 Å². The van der Waals surface area contributed by atoms with Crippen molar-refractivity contribution in [3.63, 3.8) is 0 Å². The summed E-state index contributed by atoms with van der Waals surface area (Å²) in [5.74, 6) is -1.01. The summed E-state index contributed by atoms with van der Waals surface area (Å²) in [4.78, 5) is 53.6. The first-order valence-corrected chi connectivity index (χ1v) is 11.4. The van der Waals surface area contributed by atoms with Crippen LogP contribution in [0.3, 0.4) is 0 Å². The summed E-state index contributed by atoms with van der Waals surface area (Å²) in [6.07, 6.45) is 4.58. The van der Waals surface area contributed by atoms with E-state index in [0.717, 1.165) is 25.7 Å². The van der Waals surface area contributed by atoms with Gasteiger partial charge in [0.25, 0.3) is 5.91 Å². The average Bonchev–Trinajstić information content (AvgIpc) is 3.48. The van der Waals surface area contributed by atoms with Crippen LogP contribution in [0.5, 0.6) is 0 Å². The van der Waals surface area contributed by atoms with Crippen LogP contribution in [-0.4, -0.2) is 47.7 Å². The first-order valence-electron chi connectivity index (χ1n) is 11.4. The van der Waals surface area contributed by atoms with Gasteiger partial charge in [0.15, 0.2) is 0 Å². The number of carbonyl (C=O) groups is 4. The molecule has 170 valence electrons. The molecule has 2 aromatic carbocycles. The Morgan fingerprint density at radius 1 is 0.970 bits per heavy atom. The van der Waals surface area contributed by atoms with Crippen molar-refractivity contribution in [1.82, 2.24) is 4.90 Å². The van der Waals surface area contributed by atoms with Gasteiger partial charge in [-0.15, -0.1) is 0 Å². The van der Waals surface area contributed by atoms with Gasteiger partial charge >= 0.3 is 0 Å². The Labute approximate surface area is 191 Å². The monoisotopic (exact) mass is 446 g/mol. The zero-order valence-corrected chi connectivity index (χ0v) is 18.3. The molecule has 0 bridgehead atoms. The molecule has 4 amide bonds. The van der Waals surface area contributed by atoms with E-state index < -0.39 is 0 Å². The largest absolute Gasteiger partial charge is 0.339 e. The molecule has 2 aromatic rings. The van der Waals surface area contributed by atoms with Gasteiger partial charge in [0.1, 0.15) is 6.54 Å².